The zero-order chi connectivity index (χ0) is 12.0. The second-order valence-electron chi connectivity index (χ2n) is 4.26. The average Bonchev–Trinajstić information content (AvgIpc) is 2.67. The molecule has 0 aliphatic carbocycles. The molecule has 0 bridgehead atoms. The van der Waals surface area contributed by atoms with Crippen LogP contribution in [0.1, 0.15) is 44.8 Å². The lowest BCUT2D eigenvalue weighted by atomic mass is 10.1. The van der Waals surface area contributed by atoms with Gasteiger partial charge in [-0.2, -0.15) is 0 Å². The van der Waals surface area contributed by atoms with E-state index in [9.17, 15) is 0 Å². The molecule has 1 N–H and O–H groups in total. The summed E-state index contributed by atoms with van der Waals surface area (Å²) in [6, 6.07) is 0. The second kappa shape index (κ2) is 6.33. The molecule has 0 aliphatic heterocycles. The molecule has 4 heteroatoms. The van der Waals surface area contributed by atoms with Gasteiger partial charge < -0.3 is 10.1 Å². The van der Waals surface area contributed by atoms with E-state index in [1.807, 2.05) is 6.92 Å². The predicted molar refractivity (Wildman–Crippen MR) is 68.8 cm³/mol. The molecular formula is C12H22N2OS. The summed E-state index contributed by atoms with van der Waals surface area (Å²) in [5.41, 5.74) is 0.851. The van der Waals surface area contributed by atoms with Gasteiger partial charge in [-0.05, 0) is 33.7 Å². The Hall–Kier alpha value is -0.450. The number of rotatable bonds is 7. The van der Waals surface area contributed by atoms with Crippen molar-refractivity contribution in [3.8, 4) is 0 Å². The van der Waals surface area contributed by atoms with Crippen molar-refractivity contribution in [3.05, 3.63) is 16.1 Å². The fraction of sp³-hybridized carbons (Fsp3) is 0.750. The molecule has 1 rings (SSSR count). The third-order valence-electron chi connectivity index (χ3n) is 2.30. The van der Waals surface area contributed by atoms with Crippen LogP contribution in [0.4, 0.5) is 0 Å². The Bertz CT molecular complexity index is 310. The van der Waals surface area contributed by atoms with Gasteiger partial charge in [0.1, 0.15) is 10.6 Å². The molecule has 0 amide bonds. The second-order valence-corrected chi connectivity index (χ2v) is 5.12. The predicted octanol–water partition coefficient (Wildman–Crippen LogP) is 2.91. The summed E-state index contributed by atoms with van der Waals surface area (Å²) in [6.07, 6.45) is 1.15. The Labute approximate surface area is 102 Å². The third kappa shape index (κ3) is 3.85. The standard InChI is InChI=1S/C12H22N2OS/c1-5-7-13-8-10-9-16-11(14-10)12(3,4)15-6-2/h9,13H,5-8H2,1-4H3. The maximum absolute atomic E-state index is 5.68. The molecule has 0 aromatic carbocycles. The number of thiazole rings is 1. The Balaban J connectivity index is 2.56. The van der Waals surface area contributed by atoms with Crippen molar-refractivity contribution in [1.82, 2.24) is 10.3 Å². The van der Waals surface area contributed by atoms with Gasteiger partial charge in [0.2, 0.25) is 0 Å². The maximum Gasteiger partial charge on any atom is 0.124 e. The van der Waals surface area contributed by atoms with E-state index in [0.29, 0.717) is 0 Å². The fourth-order valence-electron chi connectivity index (χ4n) is 1.48. The van der Waals surface area contributed by atoms with E-state index < -0.39 is 0 Å². The van der Waals surface area contributed by atoms with Crippen molar-refractivity contribution in [3.63, 3.8) is 0 Å². The molecule has 3 nitrogen and oxygen atoms in total. The third-order valence-corrected chi connectivity index (χ3v) is 3.50. The number of hydrogen-bond donors (Lipinski definition) is 1. The average molecular weight is 242 g/mol. The molecule has 0 unspecified atom stereocenters. The van der Waals surface area contributed by atoms with Crippen LogP contribution in [-0.2, 0) is 16.9 Å². The van der Waals surface area contributed by atoms with E-state index in [2.05, 4.69) is 36.5 Å². The summed E-state index contributed by atoms with van der Waals surface area (Å²) in [5, 5.41) is 6.52. The summed E-state index contributed by atoms with van der Waals surface area (Å²) >= 11 is 1.68. The SMILES string of the molecule is CCCNCc1csc(C(C)(C)OCC)n1. The number of nitrogens with one attached hydrogen (secondary N) is 1. The minimum Gasteiger partial charge on any atom is -0.369 e. The summed E-state index contributed by atoms with van der Waals surface area (Å²) < 4.78 is 5.68. The van der Waals surface area contributed by atoms with Gasteiger partial charge in [0.05, 0.1) is 5.69 Å². The van der Waals surface area contributed by atoms with Crippen LogP contribution < -0.4 is 5.32 Å². The number of hydrogen-bond acceptors (Lipinski definition) is 4. The molecule has 0 radical (unpaired) electrons. The first kappa shape index (κ1) is 13.6. The molecule has 92 valence electrons. The molecule has 0 saturated heterocycles. The highest BCUT2D eigenvalue weighted by molar-refractivity contribution is 7.09. The highest BCUT2D eigenvalue weighted by Crippen LogP contribution is 2.27. The molecular weight excluding hydrogens is 220 g/mol. The molecule has 1 aromatic rings. The summed E-state index contributed by atoms with van der Waals surface area (Å²) in [6.45, 7) is 10.9. The first-order valence-electron chi connectivity index (χ1n) is 5.89. The van der Waals surface area contributed by atoms with Crippen molar-refractivity contribution in [2.75, 3.05) is 13.2 Å². The maximum atomic E-state index is 5.68. The van der Waals surface area contributed by atoms with Gasteiger partial charge >= 0.3 is 0 Å². The first-order valence-corrected chi connectivity index (χ1v) is 6.77. The zero-order valence-corrected chi connectivity index (χ0v) is 11.5. The van der Waals surface area contributed by atoms with Gasteiger partial charge in [-0.1, -0.05) is 6.92 Å². The van der Waals surface area contributed by atoms with Gasteiger partial charge in [-0.3, -0.25) is 0 Å². The van der Waals surface area contributed by atoms with Gasteiger partial charge in [0.15, 0.2) is 0 Å². The van der Waals surface area contributed by atoms with Crippen LogP contribution in [-0.4, -0.2) is 18.1 Å². The van der Waals surface area contributed by atoms with E-state index in [0.717, 1.165) is 36.8 Å². The van der Waals surface area contributed by atoms with Gasteiger partial charge in [-0.25, -0.2) is 4.98 Å². The van der Waals surface area contributed by atoms with Crippen molar-refractivity contribution in [1.29, 1.82) is 0 Å². The van der Waals surface area contributed by atoms with Crippen molar-refractivity contribution in [2.45, 2.75) is 46.3 Å². The lowest BCUT2D eigenvalue weighted by Crippen LogP contribution is -2.21. The highest BCUT2D eigenvalue weighted by Gasteiger charge is 2.24. The summed E-state index contributed by atoms with van der Waals surface area (Å²) in [4.78, 5) is 4.60. The first-order chi connectivity index (χ1) is 7.60. The van der Waals surface area contributed by atoms with Crippen LogP contribution in [0.5, 0.6) is 0 Å². The summed E-state index contributed by atoms with van der Waals surface area (Å²) in [7, 11) is 0. The van der Waals surface area contributed by atoms with Crippen LogP contribution in [0.25, 0.3) is 0 Å². The van der Waals surface area contributed by atoms with Gasteiger partial charge in [-0.15, -0.1) is 11.3 Å². The minimum absolute atomic E-state index is 0.261. The number of nitrogens with zero attached hydrogens (tertiary/aromatic N) is 1. The van der Waals surface area contributed by atoms with Gasteiger partial charge in [0.25, 0.3) is 0 Å². The molecule has 0 saturated carbocycles. The zero-order valence-electron chi connectivity index (χ0n) is 10.7. The number of ether oxygens (including phenoxy) is 1. The van der Waals surface area contributed by atoms with Crippen LogP contribution in [0.3, 0.4) is 0 Å². The quantitative estimate of drug-likeness (QED) is 0.747. The van der Waals surface area contributed by atoms with Crippen molar-refractivity contribution >= 4 is 11.3 Å². The van der Waals surface area contributed by atoms with E-state index in [-0.39, 0.29) is 5.60 Å². The molecule has 0 aliphatic rings. The molecule has 1 heterocycles. The lowest BCUT2D eigenvalue weighted by molar-refractivity contribution is -0.0142. The topological polar surface area (TPSA) is 34.1 Å². The van der Waals surface area contributed by atoms with E-state index in [4.69, 9.17) is 4.74 Å². The van der Waals surface area contributed by atoms with Crippen molar-refractivity contribution < 1.29 is 4.74 Å². The largest absolute Gasteiger partial charge is 0.369 e. The Kier molecular flexibility index (Phi) is 5.38. The van der Waals surface area contributed by atoms with Crippen LogP contribution in [0, 0.1) is 0 Å². The Morgan fingerprint density at radius 1 is 1.44 bits per heavy atom. The number of aromatic nitrogens is 1. The van der Waals surface area contributed by atoms with E-state index in [1.165, 1.54) is 0 Å². The fourth-order valence-corrected chi connectivity index (χ4v) is 2.38. The minimum atomic E-state index is -0.261. The smallest absolute Gasteiger partial charge is 0.124 e. The monoisotopic (exact) mass is 242 g/mol. The normalized spacial score (nSPS) is 12.0. The summed E-state index contributed by atoms with van der Waals surface area (Å²) in [5.74, 6) is 0. The molecule has 16 heavy (non-hydrogen) atoms. The highest BCUT2D eigenvalue weighted by atomic mass is 32.1. The van der Waals surface area contributed by atoms with E-state index in [1.54, 1.807) is 11.3 Å². The van der Waals surface area contributed by atoms with Crippen LogP contribution in [0.15, 0.2) is 5.38 Å². The van der Waals surface area contributed by atoms with Gasteiger partial charge in [0, 0.05) is 18.5 Å². The molecule has 1 aromatic heterocycles. The Morgan fingerprint density at radius 3 is 2.81 bits per heavy atom. The van der Waals surface area contributed by atoms with Crippen molar-refractivity contribution in [2.24, 2.45) is 0 Å². The molecule has 0 fully saturated rings. The Morgan fingerprint density at radius 2 is 2.19 bits per heavy atom. The lowest BCUT2D eigenvalue weighted by Gasteiger charge is -2.21. The van der Waals surface area contributed by atoms with E-state index >= 15 is 0 Å². The van der Waals surface area contributed by atoms with Crippen LogP contribution >= 0.6 is 11.3 Å². The molecule has 0 spiro atoms. The molecule has 0 atom stereocenters. The van der Waals surface area contributed by atoms with Crippen LogP contribution in [0.2, 0.25) is 0 Å².